The summed E-state index contributed by atoms with van der Waals surface area (Å²) in [6.45, 7) is 3.56. The number of benzene rings is 2. The lowest BCUT2D eigenvalue weighted by Gasteiger charge is -2.11. The summed E-state index contributed by atoms with van der Waals surface area (Å²) in [5, 5.41) is 9.49. The normalized spacial score (nSPS) is 12.3. The van der Waals surface area contributed by atoms with Crippen molar-refractivity contribution in [1.29, 1.82) is 0 Å². The summed E-state index contributed by atoms with van der Waals surface area (Å²) in [6.07, 6.45) is -0.555. The molecule has 4 heteroatoms. The van der Waals surface area contributed by atoms with Crippen molar-refractivity contribution < 1.29 is 14.2 Å². The number of hydrogen-bond acceptors (Lipinski definition) is 2. The minimum atomic E-state index is -0.555. The van der Waals surface area contributed by atoms with Gasteiger partial charge in [-0.1, -0.05) is 12.1 Å². The molecule has 2 aromatic carbocycles. The van der Waals surface area contributed by atoms with Crippen molar-refractivity contribution in [3.63, 3.8) is 0 Å². The predicted octanol–water partition coefficient (Wildman–Crippen LogP) is 4.74. The first-order chi connectivity index (χ1) is 8.97. The molecule has 19 heavy (non-hydrogen) atoms. The molecule has 2 aromatic rings. The van der Waals surface area contributed by atoms with Crippen LogP contribution in [0.2, 0.25) is 0 Å². The lowest BCUT2D eigenvalue weighted by Crippen LogP contribution is -1.94. The third-order valence-corrected chi connectivity index (χ3v) is 3.36. The second-order valence-electron chi connectivity index (χ2n) is 4.40. The average molecular weight is 325 g/mol. The van der Waals surface area contributed by atoms with Gasteiger partial charge in [-0.2, -0.15) is 0 Å². The largest absolute Gasteiger partial charge is 0.453 e. The molecule has 1 atom stereocenters. The van der Waals surface area contributed by atoms with Crippen molar-refractivity contribution in [3.05, 3.63) is 57.8 Å². The molecule has 0 fully saturated rings. The Morgan fingerprint density at radius 1 is 1.16 bits per heavy atom. The lowest BCUT2D eigenvalue weighted by atomic mass is 10.1. The maximum Gasteiger partial charge on any atom is 0.165 e. The molecule has 0 amide bonds. The number of aliphatic hydroxyl groups excluding tert-OH is 1. The van der Waals surface area contributed by atoms with Crippen LogP contribution in [0.3, 0.4) is 0 Å². The smallest absolute Gasteiger partial charge is 0.165 e. The van der Waals surface area contributed by atoms with E-state index >= 15 is 0 Å². The van der Waals surface area contributed by atoms with Gasteiger partial charge in [0.1, 0.15) is 5.75 Å². The van der Waals surface area contributed by atoms with Gasteiger partial charge in [-0.15, -0.1) is 0 Å². The van der Waals surface area contributed by atoms with Gasteiger partial charge in [-0.25, -0.2) is 4.39 Å². The molecule has 0 saturated heterocycles. The second kappa shape index (κ2) is 5.72. The summed E-state index contributed by atoms with van der Waals surface area (Å²) in [6, 6.07) is 9.92. The van der Waals surface area contributed by atoms with Crippen LogP contribution >= 0.6 is 15.9 Å². The van der Waals surface area contributed by atoms with E-state index in [2.05, 4.69) is 15.9 Å². The van der Waals surface area contributed by atoms with Gasteiger partial charge >= 0.3 is 0 Å². The number of ether oxygens (including phenoxy) is 1. The minimum absolute atomic E-state index is 0.186. The fourth-order valence-electron chi connectivity index (χ4n) is 1.67. The lowest BCUT2D eigenvalue weighted by molar-refractivity contribution is 0.199. The second-order valence-corrected chi connectivity index (χ2v) is 5.26. The van der Waals surface area contributed by atoms with E-state index in [9.17, 15) is 9.50 Å². The molecule has 1 N–H and O–H groups in total. The topological polar surface area (TPSA) is 29.5 Å². The van der Waals surface area contributed by atoms with Crippen molar-refractivity contribution in [2.45, 2.75) is 20.0 Å². The number of hydrogen-bond donors (Lipinski definition) is 1. The molecule has 0 aliphatic heterocycles. The molecule has 100 valence electrons. The standard InChI is InChI=1S/C15H14BrFO2/c1-9-3-5-13(17)15(7-9)19-14-6-4-11(10(2)18)8-12(14)16/h3-8,10,18H,1-2H3. The minimum Gasteiger partial charge on any atom is -0.453 e. The van der Waals surface area contributed by atoms with Crippen LogP contribution in [0.1, 0.15) is 24.2 Å². The van der Waals surface area contributed by atoms with E-state index < -0.39 is 11.9 Å². The van der Waals surface area contributed by atoms with Crippen molar-refractivity contribution in [1.82, 2.24) is 0 Å². The van der Waals surface area contributed by atoms with Gasteiger partial charge < -0.3 is 9.84 Å². The third kappa shape index (κ3) is 3.33. The van der Waals surface area contributed by atoms with Gasteiger partial charge in [0.15, 0.2) is 11.6 Å². The quantitative estimate of drug-likeness (QED) is 0.883. The number of aryl methyl sites for hydroxylation is 1. The Balaban J connectivity index is 2.31. The monoisotopic (exact) mass is 324 g/mol. The number of rotatable bonds is 3. The highest BCUT2D eigenvalue weighted by atomic mass is 79.9. The summed E-state index contributed by atoms with van der Waals surface area (Å²) in [5.74, 6) is 0.288. The molecular formula is C15H14BrFO2. The van der Waals surface area contributed by atoms with Gasteiger partial charge in [-0.05, 0) is 65.2 Å². The first-order valence-electron chi connectivity index (χ1n) is 5.89. The van der Waals surface area contributed by atoms with E-state index in [1.807, 2.05) is 6.92 Å². The Morgan fingerprint density at radius 3 is 2.53 bits per heavy atom. The zero-order valence-corrected chi connectivity index (χ0v) is 12.2. The van der Waals surface area contributed by atoms with Crippen LogP contribution in [0.5, 0.6) is 11.5 Å². The molecular weight excluding hydrogens is 311 g/mol. The Kier molecular flexibility index (Phi) is 4.22. The van der Waals surface area contributed by atoms with Crippen molar-refractivity contribution in [2.24, 2.45) is 0 Å². The summed E-state index contributed by atoms with van der Waals surface area (Å²) >= 11 is 3.36. The van der Waals surface area contributed by atoms with Gasteiger partial charge in [0.05, 0.1) is 10.6 Å². The summed E-state index contributed by atoms with van der Waals surface area (Å²) in [5.41, 5.74) is 1.69. The van der Waals surface area contributed by atoms with Crippen LogP contribution in [-0.2, 0) is 0 Å². The van der Waals surface area contributed by atoms with Crippen LogP contribution in [0.25, 0.3) is 0 Å². The van der Waals surface area contributed by atoms with Crippen molar-refractivity contribution >= 4 is 15.9 Å². The van der Waals surface area contributed by atoms with Crippen molar-refractivity contribution in [2.75, 3.05) is 0 Å². The maximum atomic E-state index is 13.6. The Hall–Kier alpha value is -1.39. The van der Waals surface area contributed by atoms with E-state index in [-0.39, 0.29) is 5.75 Å². The molecule has 0 saturated carbocycles. The molecule has 0 spiro atoms. The molecule has 0 bridgehead atoms. The fraction of sp³-hybridized carbons (Fsp3) is 0.200. The average Bonchev–Trinajstić information content (AvgIpc) is 2.36. The SMILES string of the molecule is Cc1ccc(F)c(Oc2ccc(C(C)O)cc2Br)c1. The maximum absolute atomic E-state index is 13.6. The van der Waals surface area contributed by atoms with E-state index in [4.69, 9.17) is 4.74 Å². The zero-order chi connectivity index (χ0) is 14.0. The van der Waals surface area contributed by atoms with Gasteiger partial charge in [0.2, 0.25) is 0 Å². The fourth-order valence-corrected chi connectivity index (χ4v) is 2.14. The molecule has 0 aliphatic carbocycles. The highest BCUT2D eigenvalue weighted by Crippen LogP contribution is 2.33. The number of aliphatic hydroxyl groups is 1. The van der Waals surface area contributed by atoms with E-state index in [0.717, 1.165) is 11.1 Å². The molecule has 1 unspecified atom stereocenters. The molecule has 0 aromatic heterocycles. The molecule has 2 rings (SSSR count). The Labute approximate surface area is 120 Å². The molecule has 0 aliphatic rings. The predicted molar refractivity (Wildman–Crippen MR) is 76.0 cm³/mol. The number of halogens is 2. The Bertz CT molecular complexity index is 597. The van der Waals surface area contributed by atoms with E-state index in [1.165, 1.54) is 6.07 Å². The van der Waals surface area contributed by atoms with Gasteiger partial charge in [0.25, 0.3) is 0 Å². The Morgan fingerprint density at radius 2 is 1.89 bits per heavy atom. The van der Waals surface area contributed by atoms with E-state index in [0.29, 0.717) is 10.2 Å². The molecule has 2 nitrogen and oxygen atoms in total. The van der Waals surface area contributed by atoms with Crippen LogP contribution < -0.4 is 4.74 Å². The van der Waals surface area contributed by atoms with Crippen LogP contribution in [0.4, 0.5) is 4.39 Å². The first-order valence-corrected chi connectivity index (χ1v) is 6.68. The van der Waals surface area contributed by atoms with Crippen molar-refractivity contribution in [3.8, 4) is 11.5 Å². The molecule has 0 heterocycles. The van der Waals surface area contributed by atoms with E-state index in [1.54, 1.807) is 37.3 Å². The van der Waals surface area contributed by atoms with Gasteiger partial charge in [-0.3, -0.25) is 0 Å². The van der Waals surface area contributed by atoms with Gasteiger partial charge in [0, 0.05) is 0 Å². The highest BCUT2D eigenvalue weighted by Gasteiger charge is 2.10. The summed E-state index contributed by atoms with van der Waals surface area (Å²) in [7, 11) is 0. The highest BCUT2D eigenvalue weighted by molar-refractivity contribution is 9.10. The zero-order valence-electron chi connectivity index (χ0n) is 10.7. The third-order valence-electron chi connectivity index (χ3n) is 2.74. The molecule has 0 radical (unpaired) electrons. The van der Waals surface area contributed by atoms with Crippen LogP contribution in [-0.4, -0.2) is 5.11 Å². The summed E-state index contributed by atoms with van der Waals surface area (Å²) in [4.78, 5) is 0. The summed E-state index contributed by atoms with van der Waals surface area (Å²) < 4.78 is 19.8. The van der Waals surface area contributed by atoms with Crippen LogP contribution in [0, 0.1) is 12.7 Å². The van der Waals surface area contributed by atoms with Crippen LogP contribution in [0.15, 0.2) is 40.9 Å². The first kappa shape index (κ1) is 14.0.